The van der Waals surface area contributed by atoms with Gasteiger partial charge in [0, 0.05) is 21.7 Å². The van der Waals surface area contributed by atoms with Gasteiger partial charge in [0.05, 0.1) is 0 Å². The first-order chi connectivity index (χ1) is 2.27. The van der Waals surface area contributed by atoms with Crippen LogP contribution in [0, 0.1) is 0 Å². The molecule has 0 aliphatic rings. The first kappa shape index (κ1) is 10.0. The van der Waals surface area contributed by atoms with Crippen molar-refractivity contribution in [1.82, 2.24) is 0 Å². The van der Waals surface area contributed by atoms with Crippen molar-refractivity contribution >= 4 is 26.3 Å². The molecule has 0 aromatic heterocycles. The molecule has 0 aromatic rings. The van der Waals surface area contributed by atoms with Crippen LogP contribution in [0.1, 0.15) is 0 Å². The van der Waals surface area contributed by atoms with Crippen LogP contribution in [-0.4, -0.2) is 26.3 Å². The number of carbonyl (C=O) groups is 1. The van der Waals surface area contributed by atoms with Gasteiger partial charge < -0.3 is 0 Å². The number of hydrogen-bond donors (Lipinski definition) is 0. The van der Waals surface area contributed by atoms with E-state index in [1.54, 1.807) is 0 Å². The van der Waals surface area contributed by atoms with E-state index in [-0.39, 0.29) is 25.5 Å². The Kier molecular flexibility index (Phi) is 9.89. The SMILES string of the molecule is C=C[C](=O)[Sn].[Ti]. The first-order valence-electron chi connectivity index (χ1n) is 1.15. The van der Waals surface area contributed by atoms with E-state index >= 15 is 0 Å². The summed E-state index contributed by atoms with van der Waals surface area (Å²) in [5.41, 5.74) is 0. The molecule has 0 saturated heterocycles. The third-order valence-electron chi connectivity index (χ3n) is 0.185. The molecule has 0 fully saturated rings. The maximum atomic E-state index is 9.73. The summed E-state index contributed by atoms with van der Waals surface area (Å²) in [6.45, 7) is 3.23. The Labute approximate surface area is 65.2 Å². The number of allylic oxidation sites excluding steroid dienone is 1. The Morgan fingerprint density at radius 1 is 1.83 bits per heavy atom. The van der Waals surface area contributed by atoms with E-state index in [9.17, 15) is 4.79 Å². The largest absolute Gasteiger partial charge is 0 e. The second kappa shape index (κ2) is 5.92. The van der Waals surface area contributed by atoms with Crippen molar-refractivity contribution in [3.8, 4) is 0 Å². The molecule has 0 atom stereocenters. The van der Waals surface area contributed by atoms with Gasteiger partial charge in [-0.2, -0.15) is 0 Å². The van der Waals surface area contributed by atoms with Gasteiger partial charge in [-0.05, 0) is 0 Å². The third kappa shape index (κ3) is 8.87. The van der Waals surface area contributed by atoms with Gasteiger partial charge in [0.2, 0.25) is 0 Å². The summed E-state index contributed by atoms with van der Waals surface area (Å²) >= 11 is 0.913. The molecule has 0 aliphatic heterocycles. The third-order valence-corrected chi connectivity index (χ3v) is 0.768. The first-order valence-corrected chi connectivity index (χ1v) is 2.58. The molecule has 0 spiro atoms. The zero-order valence-electron chi connectivity index (χ0n) is 3.19. The van der Waals surface area contributed by atoms with Gasteiger partial charge in [-0.25, -0.2) is 0 Å². The molecule has 0 heterocycles. The molecule has 0 rings (SSSR count). The molecule has 0 unspecified atom stereocenters. The van der Waals surface area contributed by atoms with Crippen LogP contribution < -0.4 is 0 Å². The second-order valence-corrected chi connectivity index (χ2v) is 1.97. The van der Waals surface area contributed by atoms with Gasteiger partial charge >= 0.3 is 43.8 Å². The van der Waals surface area contributed by atoms with Crippen LogP contribution in [0.3, 0.4) is 0 Å². The number of carbonyl (C=O) groups excluding carboxylic acids is 1. The molecule has 6 heavy (non-hydrogen) atoms. The monoisotopic (exact) mass is 223 g/mol. The fourth-order valence-corrected chi connectivity index (χ4v) is 0. The molecule has 0 saturated carbocycles. The van der Waals surface area contributed by atoms with Crippen molar-refractivity contribution < 1.29 is 26.5 Å². The van der Waals surface area contributed by atoms with Crippen molar-refractivity contribution in [1.29, 1.82) is 0 Å². The summed E-state index contributed by atoms with van der Waals surface area (Å²) in [5, 5.41) is 0. The van der Waals surface area contributed by atoms with Crippen LogP contribution >= 0.6 is 0 Å². The summed E-state index contributed by atoms with van der Waals surface area (Å²) in [5.74, 6) is 0. The van der Waals surface area contributed by atoms with Crippen LogP contribution in [0.25, 0.3) is 0 Å². The van der Waals surface area contributed by atoms with Gasteiger partial charge in [-0.1, -0.05) is 0 Å². The Hall–Kier alpha value is 0.923. The van der Waals surface area contributed by atoms with Crippen molar-refractivity contribution in [3.63, 3.8) is 0 Å². The molecule has 3 heteroatoms. The van der Waals surface area contributed by atoms with Crippen LogP contribution in [0.2, 0.25) is 0 Å². The van der Waals surface area contributed by atoms with Gasteiger partial charge in [-0.15, -0.1) is 0 Å². The van der Waals surface area contributed by atoms with Crippen LogP contribution in [-0.2, 0) is 26.5 Å². The van der Waals surface area contributed by atoms with Gasteiger partial charge in [0.1, 0.15) is 0 Å². The molecular formula is C3H3OSnTi. The molecule has 3 radical (unpaired) electrons. The van der Waals surface area contributed by atoms with Crippen LogP contribution in [0.15, 0.2) is 12.7 Å². The molecule has 0 aromatic carbocycles. The Balaban J connectivity index is 0. The quantitative estimate of drug-likeness (QED) is 0.445. The molecule has 0 aliphatic carbocycles. The minimum atomic E-state index is 0. The van der Waals surface area contributed by atoms with Gasteiger partial charge in [0.15, 0.2) is 0 Å². The van der Waals surface area contributed by atoms with Crippen LogP contribution in [0.5, 0.6) is 0 Å². The topological polar surface area (TPSA) is 17.1 Å². The maximum absolute atomic E-state index is 9.73. The van der Waals surface area contributed by atoms with E-state index in [1.807, 2.05) is 0 Å². The number of hydrogen-bond acceptors (Lipinski definition) is 1. The smallest absolute Gasteiger partial charge is 0 e. The molecule has 0 N–H and O–H groups in total. The Bertz CT molecular complexity index is 61.8. The normalized spacial score (nSPS) is 5.50. The van der Waals surface area contributed by atoms with E-state index in [0.29, 0.717) is 0 Å². The molecule has 0 bridgehead atoms. The van der Waals surface area contributed by atoms with Gasteiger partial charge in [-0.3, -0.25) is 0 Å². The minimum absolute atomic E-state index is 0. The zero-order chi connectivity index (χ0) is 4.28. The molecule has 29 valence electrons. The molecule has 1 nitrogen and oxygen atoms in total. The predicted octanol–water partition coefficient (Wildman–Crippen LogP) is -0.135. The van der Waals surface area contributed by atoms with Crippen LogP contribution in [0.4, 0.5) is 0 Å². The predicted molar refractivity (Wildman–Crippen MR) is 21.0 cm³/mol. The van der Waals surface area contributed by atoms with Gasteiger partial charge in [0.25, 0.3) is 0 Å². The summed E-state index contributed by atoms with van der Waals surface area (Å²) in [4.78, 5) is 9.73. The average molecular weight is 222 g/mol. The van der Waals surface area contributed by atoms with Crippen molar-refractivity contribution in [3.05, 3.63) is 12.7 Å². The van der Waals surface area contributed by atoms with Crippen molar-refractivity contribution in [2.24, 2.45) is 0 Å². The van der Waals surface area contributed by atoms with E-state index < -0.39 is 0 Å². The van der Waals surface area contributed by atoms with Crippen molar-refractivity contribution in [2.45, 2.75) is 0 Å². The Morgan fingerprint density at radius 2 is 2.00 bits per heavy atom. The fourth-order valence-electron chi connectivity index (χ4n) is 0. The maximum Gasteiger partial charge on any atom is 0 e. The van der Waals surface area contributed by atoms with Crippen molar-refractivity contribution in [2.75, 3.05) is 0 Å². The summed E-state index contributed by atoms with van der Waals surface area (Å²) in [6, 6.07) is 0. The fraction of sp³-hybridized carbons (Fsp3) is 0. The van der Waals surface area contributed by atoms with E-state index in [2.05, 4.69) is 6.58 Å². The zero-order valence-corrected chi connectivity index (χ0v) is 7.61. The van der Waals surface area contributed by atoms with E-state index in [1.165, 1.54) is 6.08 Å². The standard InChI is InChI=1S/C3H3O.Sn.Ti/c1-2-3-4;;/h2H,1H2;;. The molecule has 0 amide bonds. The molecular weight excluding hydrogens is 219 g/mol. The minimum Gasteiger partial charge on any atom is 0 e. The number of rotatable bonds is 1. The summed E-state index contributed by atoms with van der Waals surface area (Å²) in [7, 11) is 0. The van der Waals surface area contributed by atoms with E-state index in [0.717, 1.165) is 22.5 Å². The summed E-state index contributed by atoms with van der Waals surface area (Å²) < 4.78 is 0.109. The second-order valence-electron chi connectivity index (χ2n) is 0.568. The summed E-state index contributed by atoms with van der Waals surface area (Å²) in [6.07, 6.45) is 1.32. The Morgan fingerprint density at radius 3 is 2.00 bits per heavy atom. The van der Waals surface area contributed by atoms with E-state index in [4.69, 9.17) is 0 Å². The average Bonchev–Trinajstić information content (AvgIpc) is 1.38.